The molecule has 0 saturated heterocycles. The number of carbonyl (C=O) groups excluding carboxylic acids is 1. The summed E-state index contributed by atoms with van der Waals surface area (Å²) in [7, 11) is 0. The Bertz CT molecular complexity index is 607. The van der Waals surface area contributed by atoms with Crippen molar-refractivity contribution in [1.82, 2.24) is 4.98 Å². The first-order valence-electron chi connectivity index (χ1n) is 8.37. The average Bonchev–Trinajstić information content (AvgIpc) is 2.56. The van der Waals surface area contributed by atoms with Crippen LogP contribution in [-0.4, -0.2) is 24.2 Å². The van der Waals surface area contributed by atoms with Crippen molar-refractivity contribution in [2.24, 2.45) is 0 Å². The molecular weight excluding hydrogens is 290 g/mol. The van der Waals surface area contributed by atoms with Crippen molar-refractivity contribution in [3.8, 4) is 5.75 Å². The molecule has 23 heavy (non-hydrogen) atoms. The minimum Gasteiger partial charge on any atom is -0.491 e. The summed E-state index contributed by atoms with van der Waals surface area (Å²) >= 11 is 0. The Kier molecular flexibility index (Phi) is 7.37. The van der Waals surface area contributed by atoms with Gasteiger partial charge in [0.25, 0.3) is 0 Å². The van der Waals surface area contributed by atoms with E-state index >= 15 is 0 Å². The maximum Gasteiger partial charge on any atom is 0.302 e. The average molecular weight is 315 g/mol. The minimum absolute atomic E-state index is 0.190. The normalized spacial score (nSPS) is 10.7. The van der Waals surface area contributed by atoms with E-state index in [-0.39, 0.29) is 5.97 Å². The van der Waals surface area contributed by atoms with Crippen LogP contribution in [0.4, 0.5) is 0 Å². The lowest BCUT2D eigenvalue weighted by Crippen LogP contribution is -2.00. The third kappa shape index (κ3) is 6.27. The number of hydrogen-bond donors (Lipinski definition) is 0. The minimum atomic E-state index is -0.190. The lowest BCUT2D eigenvalue weighted by atomic mass is 10.1. The number of esters is 1. The number of para-hydroxylation sites is 1. The van der Waals surface area contributed by atoms with E-state index < -0.39 is 0 Å². The van der Waals surface area contributed by atoms with E-state index in [2.05, 4.69) is 4.98 Å². The van der Waals surface area contributed by atoms with Gasteiger partial charge in [-0.1, -0.05) is 43.9 Å². The van der Waals surface area contributed by atoms with Gasteiger partial charge in [0, 0.05) is 18.5 Å². The van der Waals surface area contributed by atoms with Gasteiger partial charge in [0.15, 0.2) is 0 Å². The second kappa shape index (κ2) is 9.82. The molecule has 2 rings (SSSR count). The van der Waals surface area contributed by atoms with Gasteiger partial charge < -0.3 is 9.47 Å². The van der Waals surface area contributed by atoms with Crippen LogP contribution in [0.15, 0.2) is 36.5 Å². The molecule has 4 nitrogen and oxygen atoms in total. The summed E-state index contributed by atoms with van der Waals surface area (Å²) in [5, 5.41) is 1.11. The van der Waals surface area contributed by atoms with Crippen LogP contribution in [0, 0.1) is 0 Å². The molecule has 0 aliphatic heterocycles. The molecule has 2 aromatic rings. The van der Waals surface area contributed by atoms with Crippen LogP contribution in [0.1, 0.15) is 45.4 Å². The highest BCUT2D eigenvalue weighted by Gasteiger charge is 2.02. The number of benzene rings is 1. The van der Waals surface area contributed by atoms with Crippen molar-refractivity contribution in [3.05, 3.63) is 36.5 Å². The van der Waals surface area contributed by atoms with Gasteiger partial charge in [0.1, 0.15) is 11.3 Å². The van der Waals surface area contributed by atoms with Gasteiger partial charge in [0.05, 0.1) is 13.2 Å². The van der Waals surface area contributed by atoms with Gasteiger partial charge in [0.2, 0.25) is 0 Å². The summed E-state index contributed by atoms with van der Waals surface area (Å²) in [6, 6.07) is 10.0. The lowest BCUT2D eigenvalue weighted by molar-refractivity contribution is -0.141. The summed E-state index contributed by atoms with van der Waals surface area (Å²) in [6.07, 6.45) is 8.44. The second-order valence-electron chi connectivity index (χ2n) is 5.64. The molecule has 0 aliphatic rings. The van der Waals surface area contributed by atoms with Crippen LogP contribution in [0.3, 0.4) is 0 Å². The zero-order valence-electron chi connectivity index (χ0n) is 13.8. The van der Waals surface area contributed by atoms with E-state index in [0.29, 0.717) is 6.61 Å². The molecular formula is C19H25NO3. The number of ether oxygens (including phenoxy) is 2. The summed E-state index contributed by atoms with van der Waals surface area (Å²) in [5.41, 5.74) is 0.931. The molecule has 4 heteroatoms. The molecule has 1 aromatic carbocycles. The summed E-state index contributed by atoms with van der Waals surface area (Å²) in [5.74, 6) is 0.676. The Balaban J connectivity index is 1.56. The molecule has 0 N–H and O–H groups in total. The van der Waals surface area contributed by atoms with E-state index in [1.165, 1.54) is 19.8 Å². The molecule has 1 aromatic heterocycles. The van der Waals surface area contributed by atoms with Gasteiger partial charge in [-0.15, -0.1) is 0 Å². The fraction of sp³-hybridized carbons (Fsp3) is 0.474. The van der Waals surface area contributed by atoms with Gasteiger partial charge in [-0.2, -0.15) is 0 Å². The largest absolute Gasteiger partial charge is 0.491 e. The number of aromatic nitrogens is 1. The zero-order valence-corrected chi connectivity index (χ0v) is 13.8. The first-order valence-corrected chi connectivity index (χ1v) is 8.37. The maximum absolute atomic E-state index is 10.6. The fourth-order valence-electron chi connectivity index (χ4n) is 2.50. The molecule has 0 fully saturated rings. The van der Waals surface area contributed by atoms with Gasteiger partial charge in [-0.25, -0.2) is 0 Å². The zero-order chi connectivity index (χ0) is 16.3. The molecule has 0 bridgehead atoms. The van der Waals surface area contributed by atoms with Crippen LogP contribution >= 0.6 is 0 Å². The highest BCUT2D eigenvalue weighted by atomic mass is 16.5. The topological polar surface area (TPSA) is 48.4 Å². The van der Waals surface area contributed by atoms with E-state index in [9.17, 15) is 4.79 Å². The predicted octanol–water partition coefficient (Wildman–Crippen LogP) is 4.52. The predicted molar refractivity (Wildman–Crippen MR) is 91.6 cm³/mol. The molecule has 1 heterocycles. The van der Waals surface area contributed by atoms with Gasteiger partial charge in [-0.3, -0.25) is 9.78 Å². The Morgan fingerprint density at radius 2 is 1.65 bits per heavy atom. The number of rotatable bonds is 10. The third-order valence-corrected chi connectivity index (χ3v) is 3.70. The maximum atomic E-state index is 10.6. The van der Waals surface area contributed by atoms with Crippen LogP contribution in [0.2, 0.25) is 0 Å². The number of nitrogens with zero attached hydrogens (tertiary/aromatic N) is 1. The molecule has 0 amide bonds. The summed E-state index contributed by atoms with van der Waals surface area (Å²) in [4.78, 5) is 15.0. The van der Waals surface area contributed by atoms with Crippen molar-refractivity contribution < 1.29 is 14.3 Å². The van der Waals surface area contributed by atoms with Crippen molar-refractivity contribution in [3.63, 3.8) is 0 Å². The van der Waals surface area contributed by atoms with Crippen molar-refractivity contribution in [1.29, 1.82) is 0 Å². The number of carbonyl (C=O) groups is 1. The SMILES string of the molecule is CC(=O)OCCCCCCCCOc1cccc2cccnc12. The Morgan fingerprint density at radius 3 is 2.43 bits per heavy atom. The van der Waals surface area contributed by atoms with Crippen molar-refractivity contribution >= 4 is 16.9 Å². The highest BCUT2D eigenvalue weighted by Crippen LogP contribution is 2.23. The smallest absolute Gasteiger partial charge is 0.302 e. The molecule has 0 radical (unpaired) electrons. The third-order valence-electron chi connectivity index (χ3n) is 3.70. The van der Waals surface area contributed by atoms with Gasteiger partial charge in [-0.05, 0) is 25.0 Å². The van der Waals surface area contributed by atoms with Gasteiger partial charge >= 0.3 is 5.97 Å². The number of hydrogen-bond acceptors (Lipinski definition) is 4. The molecule has 124 valence electrons. The molecule has 0 aliphatic carbocycles. The van der Waals surface area contributed by atoms with Crippen LogP contribution in [-0.2, 0) is 9.53 Å². The number of unbranched alkanes of at least 4 members (excludes halogenated alkanes) is 5. The quantitative estimate of drug-likeness (QED) is 0.478. The molecule has 0 unspecified atom stereocenters. The van der Waals surface area contributed by atoms with E-state index in [1.807, 2.05) is 30.3 Å². The van der Waals surface area contributed by atoms with E-state index in [4.69, 9.17) is 9.47 Å². The number of pyridine rings is 1. The Labute approximate surface area is 137 Å². The highest BCUT2D eigenvalue weighted by molar-refractivity contribution is 5.84. The van der Waals surface area contributed by atoms with Crippen molar-refractivity contribution in [2.75, 3.05) is 13.2 Å². The van der Waals surface area contributed by atoms with Crippen molar-refractivity contribution in [2.45, 2.75) is 45.4 Å². The first kappa shape index (κ1) is 17.3. The standard InChI is InChI=1S/C19H25NO3/c1-16(21)22-14-6-4-2-3-5-7-15-23-18-12-8-10-17-11-9-13-20-19(17)18/h8-13H,2-7,14-15H2,1H3. The van der Waals surface area contributed by atoms with E-state index in [1.54, 1.807) is 6.20 Å². The Hall–Kier alpha value is -2.10. The van der Waals surface area contributed by atoms with Crippen LogP contribution in [0.5, 0.6) is 5.75 Å². The molecule has 0 atom stereocenters. The summed E-state index contributed by atoms with van der Waals surface area (Å²) in [6.45, 7) is 2.72. The second-order valence-corrected chi connectivity index (χ2v) is 5.64. The fourth-order valence-corrected chi connectivity index (χ4v) is 2.50. The van der Waals surface area contributed by atoms with Crippen LogP contribution in [0.25, 0.3) is 10.9 Å². The number of fused-ring (bicyclic) bond motifs is 1. The van der Waals surface area contributed by atoms with E-state index in [0.717, 1.165) is 48.9 Å². The monoisotopic (exact) mass is 315 g/mol. The molecule has 0 spiro atoms. The Morgan fingerprint density at radius 1 is 0.957 bits per heavy atom. The lowest BCUT2D eigenvalue weighted by Gasteiger charge is -2.08. The van der Waals surface area contributed by atoms with Crippen LogP contribution < -0.4 is 4.74 Å². The molecule has 0 saturated carbocycles. The summed E-state index contributed by atoms with van der Waals surface area (Å²) < 4.78 is 10.8. The first-order chi connectivity index (χ1) is 11.3.